The maximum Gasteiger partial charge on any atom is 0.251 e. The van der Waals surface area contributed by atoms with Gasteiger partial charge in [-0.1, -0.05) is 0 Å². The van der Waals surface area contributed by atoms with Crippen LogP contribution in [0.3, 0.4) is 0 Å². The van der Waals surface area contributed by atoms with Crippen LogP contribution in [0.1, 0.15) is 31.1 Å². The van der Waals surface area contributed by atoms with Crippen molar-refractivity contribution in [3.05, 3.63) is 23.8 Å². The molecule has 0 heterocycles. The SMILES string of the molecule is COc1cc(C(=O)NC(C)C)ccc1NC(C)=O. The van der Waals surface area contributed by atoms with Crippen LogP contribution in [-0.4, -0.2) is 25.0 Å². The Morgan fingerprint density at radius 2 is 1.94 bits per heavy atom. The fourth-order valence-electron chi connectivity index (χ4n) is 1.47. The first-order chi connectivity index (χ1) is 8.43. The Hall–Kier alpha value is -2.04. The standard InChI is InChI=1S/C13H18N2O3/c1-8(2)14-13(17)10-5-6-11(15-9(3)16)12(7-10)18-4/h5-8H,1-4H3,(H,14,17)(H,15,16). The predicted molar refractivity (Wildman–Crippen MR) is 69.9 cm³/mol. The molecule has 1 aromatic carbocycles. The average Bonchev–Trinajstić information content (AvgIpc) is 2.27. The highest BCUT2D eigenvalue weighted by Crippen LogP contribution is 2.25. The molecule has 0 spiro atoms. The molecular weight excluding hydrogens is 232 g/mol. The molecule has 5 heteroatoms. The lowest BCUT2D eigenvalue weighted by atomic mass is 10.1. The molecule has 5 nitrogen and oxygen atoms in total. The number of hydrogen-bond acceptors (Lipinski definition) is 3. The number of benzene rings is 1. The maximum absolute atomic E-state index is 11.8. The monoisotopic (exact) mass is 250 g/mol. The molecule has 0 aliphatic heterocycles. The molecule has 0 radical (unpaired) electrons. The lowest BCUT2D eigenvalue weighted by Gasteiger charge is -2.12. The van der Waals surface area contributed by atoms with E-state index in [0.29, 0.717) is 17.0 Å². The van der Waals surface area contributed by atoms with Gasteiger partial charge in [-0.2, -0.15) is 0 Å². The predicted octanol–water partition coefficient (Wildman–Crippen LogP) is 1.79. The van der Waals surface area contributed by atoms with Crippen LogP contribution >= 0.6 is 0 Å². The van der Waals surface area contributed by atoms with Gasteiger partial charge in [0.15, 0.2) is 0 Å². The summed E-state index contributed by atoms with van der Waals surface area (Å²) >= 11 is 0. The fraction of sp³-hybridized carbons (Fsp3) is 0.385. The molecule has 1 aromatic rings. The third kappa shape index (κ3) is 3.76. The molecule has 0 atom stereocenters. The van der Waals surface area contributed by atoms with Crippen LogP contribution in [0.5, 0.6) is 5.75 Å². The van der Waals surface area contributed by atoms with Crippen molar-refractivity contribution in [1.29, 1.82) is 0 Å². The number of carbonyl (C=O) groups is 2. The number of anilines is 1. The van der Waals surface area contributed by atoms with Gasteiger partial charge in [0.05, 0.1) is 12.8 Å². The van der Waals surface area contributed by atoms with Gasteiger partial charge in [-0.05, 0) is 32.0 Å². The molecule has 18 heavy (non-hydrogen) atoms. The number of hydrogen-bond donors (Lipinski definition) is 2. The second-order valence-corrected chi connectivity index (χ2v) is 4.22. The van der Waals surface area contributed by atoms with E-state index in [1.165, 1.54) is 14.0 Å². The highest BCUT2D eigenvalue weighted by Gasteiger charge is 2.11. The van der Waals surface area contributed by atoms with Crippen molar-refractivity contribution in [2.24, 2.45) is 0 Å². The fourth-order valence-corrected chi connectivity index (χ4v) is 1.47. The second-order valence-electron chi connectivity index (χ2n) is 4.22. The zero-order chi connectivity index (χ0) is 13.7. The second kappa shape index (κ2) is 6.05. The minimum atomic E-state index is -0.187. The van der Waals surface area contributed by atoms with E-state index >= 15 is 0 Å². The summed E-state index contributed by atoms with van der Waals surface area (Å²) < 4.78 is 5.15. The number of rotatable bonds is 4. The van der Waals surface area contributed by atoms with Crippen LogP contribution in [0.15, 0.2) is 18.2 Å². The lowest BCUT2D eigenvalue weighted by molar-refractivity contribution is -0.114. The van der Waals surface area contributed by atoms with Gasteiger partial charge < -0.3 is 15.4 Å². The first-order valence-electron chi connectivity index (χ1n) is 5.70. The van der Waals surface area contributed by atoms with E-state index in [9.17, 15) is 9.59 Å². The molecule has 0 aliphatic rings. The summed E-state index contributed by atoms with van der Waals surface area (Å²) in [5, 5.41) is 5.42. The average molecular weight is 250 g/mol. The summed E-state index contributed by atoms with van der Waals surface area (Å²) in [7, 11) is 1.49. The minimum Gasteiger partial charge on any atom is -0.495 e. The van der Waals surface area contributed by atoms with Crippen LogP contribution in [-0.2, 0) is 4.79 Å². The van der Waals surface area contributed by atoms with Crippen LogP contribution in [0.4, 0.5) is 5.69 Å². The number of methoxy groups -OCH3 is 1. The summed E-state index contributed by atoms with van der Waals surface area (Å²) in [6, 6.07) is 4.96. The van der Waals surface area contributed by atoms with E-state index in [1.54, 1.807) is 18.2 Å². The quantitative estimate of drug-likeness (QED) is 0.856. The van der Waals surface area contributed by atoms with E-state index in [4.69, 9.17) is 4.74 Å². The van der Waals surface area contributed by atoms with Crippen molar-refractivity contribution in [1.82, 2.24) is 5.32 Å². The Morgan fingerprint density at radius 3 is 2.44 bits per heavy atom. The van der Waals surface area contributed by atoms with Gasteiger partial charge in [-0.15, -0.1) is 0 Å². The Morgan fingerprint density at radius 1 is 1.28 bits per heavy atom. The Labute approximate surface area is 107 Å². The van der Waals surface area contributed by atoms with E-state index in [-0.39, 0.29) is 17.9 Å². The molecule has 0 saturated carbocycles. The summed E-state index contributed by atoms with van der Waals surface area (Å²) in [5.74, 6) is 0.104. The molecule has 98 valence electrons. The van der Waals surface area contributed by atoms with Crippen LogP contribution < -0.4 is 15.4 Å². The van der Waals surface area contributed by atoms with Gasteiger partial charge in [0.25, 0.3) is 5.91 Å². The first kappa shape index (κ1) is 14.0. The molecule has 0 fully saturated rings. The molecule has 2 amide bonds. The van der Waals surface area contributed by atoms with Crippen molar-refractivity contribution in [3.8, 4) is 5.75 Å². The van der Waals surface area contributed by atoms with Gasteiger partial charge in [-0.3, -0.25) is 9.59 Å². The summed E-state index contributed by atoms with van der Waals surface area (Å²) in [6.45, 7) is 5.19. The molecule has 0 aliphatic carbocycles. The number of amides is 2. The van der Waals surface area contributed by atoms with E-state index in [1.807, 2.05) is 13.8 Å². The van der Waals surface area contributed by atoms with E-state index in [0.717, 1.165) is 0 Å². The topological polar surface area (TPSA) is 67.4 Å². The van der Waals surface area contributed by atoms with Gasteiger partial charge >= 0.3 is 0 Å². The Bertz CT molecular complexity index is 456. The largest absolute Gasteiger partial charge is 0.495 e. The van der Waals surface area contributed by atoms with Gasteiger partial charge in [0.2, 0.25) is 5.91 Å². The third-order valence-electron chi connectivity index (χ3n) is 2.19. The van der Waals surface area contributed by atoms with Crippen molar-refractivity contribution in [3.63, 3.8) is 0 Å². The van der Waals surface area contributed by atoms with Crippen LogP contribution in [0, 0.1) is 0 Å². The summed E-state index contributed by atoms with van der Waals surface area (Å²) in [4.78, 5) is 22.8. The third-order valence-corrected chi connectivity index (χ3v) is 2.19. The molecular formula is C13H18N2O3. The Balaban J connectivity index is 2.97. The maximum atomic E-state index is 11.8. The van der Waals surface area contributed by atoms with Crippen molar-refractivity contribution in [2.75, 3.05) is 12.4 Å². The first-order valence-corrected chi connectivity index (χ1v) is 5.70. The number of nitrogens with one attached hydrogen (secondary N) is 2. The van der Waals surface area contributed by atoms with Crippen molar-refractivity contribution >= 4 is 17.5 Å². The van der Waals surface area contributed by atoms with Crippen molar-refractivity contribution < 1.29 is 14.3 Å². The van der Waals surface area contributed by atoms with Gasteiger partial charge in [-0.25, -0.2) is 0 Å². The smallest absolute Gasteiger partial charge is 0.251 e. The number of carbonyl (C=O) groups excluding carboxylic acids is 2. The molecule has 0 aromatic heterocycles. The van der Waals surface area contributed by atoms with E-state index in [2.05, 4.69) is 10.6 Å². The van der Waals surface area contributed by atoms with Crippen molar-refractivity contribution in [2.45, 2.75) is 26.8 Å². The zero-order valence-electron chi connectivity index (χ0n) is 11.0. The molecule has 1 rings (SSSR count). The van der Waals surface area contributed by atoms with Gasteiger partial charge in [0.1, 0.15) is 5.75 Å². The van der Waals surface area contributed by atoms with Gasteiger partial charge in [0, 0.05) is 18.5 Å². The van der Waals surface area contributed by atoms with E-state index < -0.39 is 0 Å². The molecule has 0 unspecified atom stereocenters. The summed E-state index contributed by atoms with van der Waals surface area (Å²) in [6.07, 6.45) is 0. The Kier molecular flexibility index (Phi) is 4.71. The summed E-state index contributed by atoms with van der Waals surface area (Å²) in [5.41, 5.74) is 1.04. The minimum absolute atomic E-state index is 0.0681. The molecule has 0 bridgehead atoms. The van der Waals surface area contributed by atoms with Crippen LogP contribution in [0.25, 0.3) is 0 Å². The van der Waals surface area contributed by atoms with Crippen LogP contribution in [0.2, 0.25) is 0 Å². The zero-order valence-corrected chi connectivity index (χ0v) is 11.0. The number of ether oxygens (including phenoxy) is 1. The molecule has 0 saturated heterocycles. The lowest BCUT2D eigenvalue weighted by Crippen LogP contribution is -2.30. The molecule has 2 N–H and O–H groups in total. The highest BCUT2D eigenvalue weighted by molar-refractivity contribution is 5.97. The normalized spacial score (nSPS) is 10.1. The highest BCUT2D eigenvalue weighted by atomic mass is 16.5.